The van der Waals surface area contributed by atoms with Gasteiger partial charge in [-0.2, -0.15) is 14.6 Å². The zero-order chi connectivity index (χ0) is 21.7. The van der Waals surface area contributed by atoms with E-state index in [1.54, 1.807) is 28.6 Å². The lowest BCUT2D eigenvalue weighted by Crippen LogP contribution is -2.39. The van der Waals surface area contributed by atoms with Crippen LogP contribution in [0.25, 0.3) is 11.5 Å². The fourth-order valence-corrected chi connectivity index (χ4v) is 5.12. The number of benzene rings is 1. The van der Waals surface area contributed by atoms with E-state index in [1.807, 2.05) is 20.2 Å². The first-order valence-corrected chi connectivity index (χ1v) is 11.7. The van der Waals surface area contributed by atoms with Crippen LogP contribution in [0.4, 0.5) is 5.88 Å². The molecule has 2 aromatic rings. The number of rotatable bonds is 8. The minimum absolute atomic E-state index is 0.189. The van der Waals surface area contributed by atoms with E-state index in [0.717, 1.165) is 25.8 Å². The van der Waals surface area contributed by atoms with Crippen molar-refractivity contribution in [1.82, 2.24) is 14.2 Å². The molecule has 1 N–H and O–H groups in total. The smallest absolute Gasteiger partial charge is 0.243 e. The van der Waals surface area contributed by atoms with E-state index in [0.29, 0.717) is 37.0 Å². The second-order valence-electron chi connectivity index (χ2n) is 8.03. The van der Waals surface area contributed by atoms with E-state index >= 15 is 0 Å². The van der Waals surface area contributed by atoms with Gasteiger partial charge in [-0.3, -0.25) is 0 Å². The van der Waals surface area contributed by atoms with Crippen molar-refractivity contribution in [2.24, 2.45) is 5.92 Å². The topological polar surface area (TPSA) is 102 Å². The summed E-state index contributed by atoms with van der Waals surface area (Å²) in [5, 5.41) is 12.4. The molecule has 30 heavy (non-hydrogen) atoms. The summed E-state index contributed by atoms with van der Waals surface area (Å²) in [6.07, 6.45) is 2.84. The molecule has 0 aliphatic carbocycles. The summed E-state index contributed by atoms with van der Waals surface area (Å²) < 4.78 is 33.1. The molecule has 1 fully saturated rings. The van der Waals surface area contributed by atoms with E-state index in [-0.39, 0.29) is 16.5 Å². The van der Waals surface area contributed by atoms with Crippen LogP contribution in [0, 0.1) is 17.2 Å². The van der Waals surface area contributed by atoms with Gasteiger partial charge in [0, 0.05) is 25.2 Å². The second kappa shape index (κ2) is 9.60. The van der Waals surface area contributed by atoms with Crippen molar-refractivity contribution in [2.75, 3.05) is 45.6 Å². The average molecular weight is 432 g/mol. The average Bonchev–Trinajstić information content (AvgIpc) is 3.14. The maximum absolute atomic E-state index is 12.9. The van der Waals surface area contributed by atoms with Gasteiger partial charge in [0.2, 0.25) is 27.5 Å². The van der Waals surface area contributed by atoms with Crippen LogP contribution in [-0.4, -0.2) is 62.9 Å². The molecule has 0 unspecified atom stereocenters. The molecule has 0 saturated carbocycles. The van der Waals surface area contributed by atoms with Gasteiger partial charge in [0.15, 0.2) is 0 Å². The molecule has 8 nitrogen and oxygen atoms in total. The quantitative estimate of drug-likeness (QED) is 0.641. The number of piperidine rings is 1. The van der Waals surface area contributed by atoms with Crippen molar-refractivity contribution in [3.05, 3.63) is 30.0 Å². The van der Waals surface area contributed by atoms with E-state index < -0.39 is 10.0 Å². The highest BCUT2D eigenvalue weighted by molar-refractivity contribution is 7.89. The number of anilines is 1. The number of sulfonamides is 1. The van der Waals surface area contributed by atoms with Gasteiger partial charge in [-0.15, -0.1) is 0 Å². The van der Waals surface area contributed by atoms with Crippen LogP contribution >= 0.6 is 0 Å². The molecule has 1 atom stereocenters. The highest BCUT2D eigenvalue weighted by Gasteiger charge is 2.28. The van der Waals surface area contributed by atoms with Crippen LogP contribution < -0.4 is 5.32 Å². The third-order valence-corrected chi connectivity index (χ3v) is 7.04. The number of nitrogens with one attached hydrogen (secondary N) is 1. The Morgan fingerprint density at radius 1 is 1.33 bits per heavy atom. The number of aromatic nitrogens is 1. The molecule has 1 aliphatic rings. The van der Waals surface area contributed by atoms with Gasteiger partial charge < -0.3 is 14.6 Å². The van der Waals surface area contributed by atoms with Crippen molar-refractivity contribution in [3.63, 3.8) is 0 Å². The third kappa shape index (κ3) is 5.19. The standard InChI is InChI=1S/C21H29N5O3S/c1-16-6-4-13-26(15-16)30(27,28)18-9-7-17(8-10-18)20-24-19(14-22)21(29-20)23-11-5-12-25(2)3/h7-10,16,23H,4-6,11-13,15H2,1-3H3/t16-/m1/s1. The number of oxazole rings is 1. The van der Waals surface area contributed by atoms with Crippen LogP contribution in [0.15, 0.2) is 33.6 Å². The molecule has 1 saturated heterocycles. The summed E-state index contributed by atoms with van der Waals surface area (Å²) in [6.45, 7) is 4.77. The SMILES string of the molecule is C[C@@H]1CCCN(S(=O)(=O)c2ccc(-c3nc(C#N)c(NCCCN(C)C)o3)cc2)C1. The summed E-state index contributed by atoms with van der Waals surface area (Å²) in [4.78, 5) is 6.58. The van der Waals surface area contributed by atoms with Crippen LogP contribution in [0.2, 0.25) is 0 Å². The van der Waals surface area contributed by atoms with Crippen molar-refractivity contribution in [3.8, 4) is 17.5 Å². The van der Waals surface area contributed by atoms with Gasteiger partial charge in [0.1, 0.15) is 6.07 Å². The fraction of sp³-hybridized carbons (Fsp3) is 0.524. The molecule has 2 heterocycles. The van der Waals surface area contributed by atoms with Gasteiger partial charge in [-0.1, -0.05) is 6.92 Å². The molecule has 0 bridgehead atoms. The van der Waals surface area contributed by atoms with Crippen LogP contribution in [0.5, 0.6) is 0 Å². The summed E-state index contributed by atoms with van der Waals surface area (Å²) in [5.74, 6) is 0.996. The van der Waals surface area contributed by atoms with Gasteiger partial charge in [-0.05, 0) is 70.1 Å². The first-order valence-electron chi connectivity index (χ1n) is 10.2. The Morgan fingerprint density at radius 3 is 2.70 bits per heavy atom. The highest BCUT2D eigenvalue weighted by Crippen LogP contribution is 2.28. The zero-order valence-corrected chi connectivity index (χ0v) is 18.6. The first-order chi connectivity index (χ1) is 14.3. The fourth-order valence-electron chi connectivity index (χ4n) is 3.52. The molecular weight excluding hydrogens is 402 g/mol. The minimum atomic E-state index is -3.51. The summed E-state index contributed by atoms with van der Waals surface area (Å²) in [7, 11) is 0.496. The molecule has 1 aliphatic heterocycles. The normalized spacial score (nSPS) is 17.8. The lowest BCUT2D eigenvalue weighted by atomic mass is 10.0. The maximum Gasteiger partial charge on any atom is 0.243 e. The van der Waals surface area contributed by atoms with Gasteiger partial charge in [0.05, 0.1) is 4.90 Å². The maximum atomic E-state index is 12.9. The van der Waals surface area contributed by atoms with Gasteiger partial charge in [0.25, 0.3) is 0 Å². The molecule has 3 rings (SSSR count). The van der Waals surface area contributed by atoms with Crippen molar-refractivity contribution >= 4 is 15.9 Å². The van der Waals surface area contributed by atoms with Gasteiger partial charge in [-0.25, -0.2) is 8.42 Å². The summed E-state index contributed by atoms with van der Waals surface area (Å²) in [6, 6.07) is 8.52. The molecule has 0 radical (unpaired) electrons. The van der Waals surface area contributed by atoms with Crippen LogP contribution in [0.1, 0.15) is 31.9 Å². The molecular formula is C21H29N5O3S. The molecule has 1 aromatic carbocycles. The molecule has 9 heteroatoms. The first kappa shape index (κ1) is 22.3. The predicted octanol–water partition coefficient (Wildman–Crippen LogP) is 3.00. The summed E-state index contributed by atoms with van der Waals surface area (Å²) >= 11 is 0. The monoisotopic (exact) mass is 431 g/mol. The van der Waals surface area contributed by atoms with Crippen LogP contribution in [0.3, 0.4) is 0 Å². The van der Waals surface area contributed by atoms with E-state index in [4.69, 9.17) is 4.42 Å². The Labute approximate surface area is 178 Å². The Hall–Kier alpha value is -2.41. The molecule has 0 spiro atoms. The molecule has 162 valence electrons. The number of hydrogen-bond acceptors (Lipinski definition) is 7. The second-order valence-corrected chi connectivity index (χ2v) is 9.96. The molecule has 0 amide bonds. The lowest BCUT2D eigenvalue weighted by Gasteiger charge is -2.30. The largest absolute Gasteiger partial charge is 0.419 e. The number of nitriles is 1. The van der Waals surface area contributed by atoms with Crippen molar-refractivity contribution in [1.29, 1.82) is 5.26 Å². The third-order valence-electron chi connectivity index (χ3n) is 5.16. The Balaban J connectivity index is 1.74. The van der Waals surface area contributed by atoms with E-state index in [1.165, 1.54) is 0 Å². The van der Waals surface area contributed by atoms with Crippen molar-refractivity contribution in [2.45, 2.75) is 31.1 Å². The lowest BCUT2D eigenvalue weighted by molar-refractivity contribution is 0.281. The summed E-state index contributed by atoms with van der Waals surface area (Å²) in [5.41, 5.74) is 0.813. The predicted molar refractivity (Wildman–Crippen MR) is 115 cm³/mol. The number of nitrogens with zero attached hydrogens (tertiary/aromatic N) is 4. The Bertz CT molecular complexity index is 993. The Morgan fingerprint density at radius 2 is 2.07 bits per heavy atom. The minimum Gasteiger partial charge on any atom is -0.419 e. The van der Waals surface area contributed by atoms with Gasteiger partial charge >= 0.3 is 0 Å². The van der Waals surface area contributed by atoms with Crippen molar-refractivity contribution < 1.29 is 12.8 Å². The van der Waals surface area contributed by atoms with Crippen LogP contribution in [-0.2, 0) is 10.0 Å². The van der Waals surface area contributed by atoms with E-state index in [9.17, 15) is 13.7 Å². The Kier molecular flexibility index (Phi) is 7.13. The molecule has 1 aromatic heterocycles. The number of hydrogen-bond donors (Lipinski definition) is 1. The van der Waals surface area contributed by atoms with E-state index in [2.05, 4.69) is 22.1 Å². The zero-order valence-electron chi connectivity index (χ0n) is 17.8. The highest BCUT2D eigenvalue weighted by atomic mass is 32.2.